The van der Waals surface area contributed by atoms with E-state index in [1.165, 1.54) is 6.07 Å². The molecule has 1 aromatic heterocycles. The van der Waals surface area contributed by atoms with Crippen molar-refractivity contribution in [2.24, 2.45) is 0 Å². The number of benzene rings is 1. The Bertz CT molecular complexity index is 791. The van der Waals surface area contributed by atoms with Gasteiger partial charge in [0, 0.05) is 22.2 Å². The zero-order chi connectivity index (χ0) is 14.9. The van der Waals surface area contributed by atoms with Crippen LogP contribution in [0.1, 0.15) is 13.8 Å². The standard InChI is InChI=1S/C14H13BrO4S/c1-9(2)20(17,18)12-7-13(19-14(16)8-12)10-4-3-5-11(15)6-10/h3-9H,1-2H3. The highest BCUT2D eigenvalue weighted by Gasteiger charge is 2.21. The average molecular weight is 357 g/mol. The molecule has 0 aliphatic rings. The topological polar surface area (TPSA) is 64.3 Å². The normalized spacial score (nSPS) is 11.8. The molecule has 0 saturated carbocycles. The van der Waals surface area contributed by atoms with Crippen LogP contribution in [0.3, 0.4) is 0 Å². The molecule has 0 unspecified atom stereocenters. The largest absolute Gasteiger partial charge is 0.423 e. The molecule has 2 aromatic rings. The van der Waals surface area contributed by atoms with Gasteiger partial charge in [0.25, 0.3) is 0 Å². The zero-order valence-corrected chi connectivity index (χ0v) is 13.4. The molecule has 0 atom stereocenters. The minimum absolute atomic E-state index is 0.0151. The summed E-state index contributed by atoms with van der Waals surface area (Å²) < 4.78 is 30.2. The summed E-state index contributed by atoms with van der Waals surface area (Å²) in [5.41, 5.74) is -0.0426. The minimum atomic E-state index is -3.51. The van der Waals surface area contributed by atoms with Crippen LogP contribution in [0, 0.1) is 0 Å². The van der Waals surface area contributed by atoms with E-state index in [1.54, 1.807) is 32.0 Å². The third kappa shape index (κ3) is 3.02. The van der Waals surface area contributed by atoms with Gasteiger partial charge < -0.3 is 4.42 Å². The molecular weight excluding hydrogens is 344 g/mol. The highest BCUT2D eigenvalue weighted by molar-refractivity contribution is 9.10. The summed E-state index contributed by atoms with van der Waals surface area (Å²) in [5.74, 6) is 0.234. The summed E-state index contributed by atoms with van der Waals surface area (Å²) in [6, 6.07) is 9.51. The zero-order valence-electron chi connectivity index (χ0n) is 11.0. The van der Waals surface area contributed by atoms with E-state index < -0.39 is 20.7 Å². The molecule has 0 bridgehead atoms. The van der Waals surface area contributed by atoms with Gasteiger partial charge in [-0.1, -0.05) is 28.1 Å². The van der Waals surface area contributed by atoms with Crippen LogP contribution in [0.25, 0.3) is 11.3 Å². The lowest BCUT2D eigenvalue weighted by Gasteiger charge is -2.08. The highest BCUT2D eigenvalue weighted by atomic mass is 79.9. The predicted molar refractivity (Wildman–Crippen MR) is 80.4 cm³/mol. The van der Waals surface area contributed by atoms with E-state index in [0.717, 1.165) is 10.5 Å². The van der Waals surface area contributed by atoms with Crippen molar-refractivity contribution in [3.05, 3.63) is 51.3 Å². The molecule has 2 rings (SSSR count). The molecule has 0 aliphatic heterocycles. The molecule has 0 N–H and O–H groups in total. The molecule has 106 valence electrons. The lowest BCUT2D eigenvalue weighted by Crippen LogP contribution is -2.16. The van der Waals surface area contributed by atoms with Crippen molar-refractivity contribution in [2.75, 3.05) is 0 Å². The maximum Gasteiger partial charge on any atom is 0.337 e. The molecule has 1 heterocycles. The number of rotatable bonds is 3. The summed E-state index contributed by atoms with van der Waals surface area (Å²) in [7, 11) is -3.51. The van der Waals surface area contributed by atoms with Gasteiger partial charge in [-0.25, -0.2) is 13.2 Å². The molecule has 0 aliphatic carbocycles. The number of sulfone groups is 1. The maximum atomic E-state index is 12.1. The van der Waals surface area contributed by atoms with Crippen LogP contribution in [0.15, 0.2) is 55.0 Å². The van der Waals surface area contributed by atoms with Crippen LogP contribution < -0.4 is 5.63 Å². The van der Waals surface area contributed by atoms with E-state index in [2.05, 4.69) is 15.9 Å². The van der Waals surface area contributed by atoms with Crippen molar-refractivity contribution in [2.45, 2.75) is 24.0 Å². The minimum Gasteiger partial charge on any atom is -0.423 e. The van der Waals surface area contributed by atoms with Crippen molar-refractivity contribution < 1.29 is 12.8 Å². The van der Waals surface area contributed by atoms with Crippen molar-refractivity contribution in [3.63, 3.8) is 0 Å². The monoisotopic (exact) mass is 356 g/mol. The van der Waals surface area contributed by atoms with Gasteiger partial charge >= 0.3 is 5.63 Å². The summed E-state index contributed by atoms with van der Waals surface area (Å²) in [4.78, 5) is 11.6. The summed E-state index contributed by atoms with van der Waals surface area (Å²) in [6.45, 7) is 3.14. The van der Waals surface area contributed by atoms with Gasteiger partial charge in [0.2, 0.25) is 0 Å². The Hall–Kier alpha value is -1.40. The van der Waals surface area contributed by atoms with Crippen LogP contribution in [-0.2, 0) is 9.84 Å². The second-order valence-electron chi connectivity index (χ2n) is 4.58. The van der Waals surface area contributed by atoms with Crippen LogP contribution in [-0.4, -0.2) is 13.7 Å². The van der Waals surface area contributed by atoms with E-state index in [9.17, 15) is 13.2 Å². The first-order valence-corrected chi connectivity index (χ1v) is 8.29. The molecule has 0 radical (unpaired) electrons. The van der Waals surface area contributed by atoms with E-state index >= 15 is 0 Å². The van der Waals surface area contributed by atoms with Crippen molar-refractivity contribution in [1.29, 1.82) is 0 Å². The number of hydrogen-bond donors (Lipinski definition) is 0. The van der Waals surface area contributed by atoms with E-state index in [-0.39, 0.29) is 10.7 Å². The molecule has 6 heteroatoms. The fourth-order valence-electron chi connectivity index (χ4n) is 1.67. The average Bonchev–Trinajstić information content (AvgIpc) is 2.37. The van der Waals surface area contributed by atoms with Crippen LogP contribution in [0.4, 0.5) is 0 Å². The quantitative estimate of drug-likeness (QED) is 0.846. The Balaban J connectivity index is 2.64. The van der Waals surface area contributed by atoms with Crippen molar-refractivity contribution >= 4 is 25.8 Å². The van der Waals surface area contributed by atoms with Gasteiger partial charge in [0.05, 0.1) is 10.1 Å². The first-order valence-electron chi connectivity index (χ1n) is 5.96. The molecule has 1 aromatic carbocycles. The maximum absolute atomic E-state index is 12.1. The molecule has 20 heavy (non-hydrogen) atoms. The SMILES string of the molecule is CC(C)S(=O)(=O)c1cc(-c2cccc(Br)c2)oc(=O)c1. The lowest BCUT2D eigenvalue weighted by molar-refractivity contribution is 0.518. The van der Waals surface area contributed by atoms with E-state index in [4.69, 9.17) is 4.42 Å². The second-order valence-corrected chi connectivity index (χ2v) is 8.00. The van der Waals surface area contributed by atoms with E-state index in [1.807, 2.05) is 6.07 Å². The van der Waals surface area contributed by atoms with Gasteiger partial charge in [-0.15, -0.1) is 0 Å². The summed E-state index contributed by atoms with van der Waals surface area (Å²) >= 11 is 3.32. The fourth-order valence-corrected chi connectivity index (χ4v) is 3.15. The van der Waals surface area contributed by atoms with Crippen molar-refractivity contribution in [1.82, 2.24) is 0 Å². The van der Waals surface area contributed by atoms with Gasteiger partial charge in [-0.05, 0) is 26.0 Å². The predicted octanol–water partition coefficient (Wildman–Crippen LogP) is 3.25. The molecule has 0 saturated heterocycles. The second kappa shape index (κ2) is 5.54. The molecule has 4 nitrogen and oxygen atoms in total. The van der Waals surface area contributed by atoms with Crippen LogP contribution in [0.5, 0.6) is 0 Å². The Morgan fingerprint density at radius 2 is 1.85 bits per heavy atom. The summed E-state index contributed by atoms with van der Waals surface area (Å²) in [6.07, 6.45) is 0. The Kier molecular flexibility index (Phi) is 4.15. The smallest absolute Gasteiger partial charge is 0.337 e. The Morgan fingerprint density at radius 3 is 2.45 bits per heavy atom. The molecular formula is C14H13BrO4S. The molecule has 0 spiro atoms. The number of halogens is 1. The third-order valence-corrected chi connectivity index (χ3v) is 5.43. The first kappa shape index (κ1) is 15.0. The van der Waals surface area contributed by atoms with Crippen LogP contribution >= 0.6 is 15.9 Å². The van der Waals surface area contributed by atoms with Gasteiger partial charge in [0.15, 0.2) is 9.84 Å². The summed E-state index contributed by atoms with van der Waals surface area (Å²) in [5, 5.41) is -0.598. The van der Waals surface area contributed by atoms with Crippen LogP contribution in [0.2, 0.25) is 0 Å². The van der Waals surface area contributed by atoms with Gasteiger partial charge in [-0.2, -0.15) is 0 Å². The first-order chi connectivity index (χ1) is 9.30. The fraction of sp³-hybridized carbons (Fsp3) is 0.214. The highest BCUT2D eigenvalue weighted by Crippen LogP contribution is 2.25. The van der Waals surface area contributed by atoms with Gasteiger partial charge in [0.1, 0.15) is 5.76 Å². The third-order valence-electron chi connectivity index (χ3n) is 2.80. The van der Waals surface area contributed by atoms with E-state index in [0.29, 0.717) is 5.56 Å². The van der Waals surface area contributed by atoms with Crippen molar-refractivity contribution in [3.8, 4) is 11.3 Å². The number of hydrogen-bond acceptors (Lipinski definition) is 4. The Labute approximate surface area is 125 Å². The lowest BCUT2D eigenvalue weighted by atomic mass is 10.2. The molecule has 0 fully saturated rings. The van der Waals surface area contributed by atoms with Gasteiger partial charge in [-0.3, -0.25) is 0 Å². The molecule has 0 amide bonds. The Morgan fingerprint density at radius 1 is 1.15 bits per heavy atom.